The Morgan fingerprint density at radius 1 is 1.40 bits per heavy atom. The first-order valence-electron chi connectivity index (χ1n) is 4.74. The van der Waals surface area contributed by atoms with Gasteiger partial charge in [-0.15, -0.1) is 0 Å². The first-order chi connectivity index (χ1) is 7.06. The Bertz CT molecular complexity index is 333. The average molecular weight is 208 g/mol. The van der Waals surface area contributed by atoms with Crippen LogP contribution in [0.5, 0.6) is 0 Å². The van der Waals surface area contributed by atoms with Crippen LogP contribution >= 0.6 is 0 Å². The van der Waals surface area contributed by atoms with Crippen molar-refractivity contribution in [3.05, 3.63) is 35.4 Å². The molecule has 0 heterocycles. The molecular weight excluding hydrogens is 192 g/mol. The van der Waals surface area contributed by atoms with Crippen LogP contribution in [0.15, 0.2) is 24.3 Å². The highest BCUT2D eigenvalue weighted by atomic mass is 16.3. The molecule has 0 aliphatic rings. The zero-order valence-electron chi connectivity index (χ0n) is 8.97. The van der Waals surface area contributed by atoms with E-state index in [1.54, 1.807) is 38.4 Å². The molecule has 3 N–H and O–H groups in total. The van der Waals surface area contributed by atoms with Crippen LogP contribution in [-0.2, 0) is 0 Å². The molecule has 15 heavy (non-hydrogen) atoms. The highest BCUT2D eigenvalue weighted by molar-refractivity contribution is 5.93. The maximum absolute atomic E-state index is 11.5. The number of aliphatic hydroxyl groups excluding tert-OH is 1. The summed E-state index contributed by atoms with van der Waals surface area (Å²) in [5.41, 5.74) is 7.08. The van der Waals surface area contributed by atoms with E-state index in [-0.39, 0.29) is 18.6 Å². The van der Waals surface area contributed by atoms with Gasteiger partial charge in [0.2, 0.25) is 0 Å². The summed E-state index contributed by atoms with van der Waals surface area (Å²) >= 11 is 0. The van der Waals surface area contributed by atoms with E-state index < -0.39 is 0 Å². The maximum Gasteiger partial charge on any atom is 0.253 e. The van der Waals surface area contributed by atoms with Crippen molar-refractivity contribution < 1.29 is 9.90 Å². The third-order valence-corrected chi connectivity index (χ3v) is 2.19. The van der Waals surface area contributed by atoms with Crippen molar-refractivity contribution in [2.24, 2.45) is 5.73 Å². The van der Waals surface area contributed by atoms with Crippen LogP contribution in [0.2, 0.25) is 0 Å². The van der Waals surface area contributed by atoms with Gasteiger partial charge in [-0.3, -0.25) is 4.79 Å². The molecule has 0 aliphatic carbocycles. The van der Waals surface area contributed by atoms with Crippen LogP contribution in [0.3, 0.4) is 0 Å². The molecule has 1 aromatic rings. The van der Waals surface area contributed by atoms with Gasteiger partial charge in [0.25, 0.3) is 5.91 Å². The van der Waals surface area contributed by atoms with E-state index in [0.717, 1.165) is 5.56 Å². The Morgan fingerprint density at radius 3 is 2.33 bits per heavy atom. The lowest BCUT2D eigenvalue weighted by Crippen LogP contribution is -2.21. The SMILES string of the molecule is CN(C)C(=O)c1ccc([C@H](N)CO)cc1. The van der Waals surface area contributed by atoms with Gasteiger partial charge in [0.1, 0.15) is 0 Å². The van der Waals surface area contributed by atoms with Crippen LogP contribution in [-0.4, -0.2) is 36.6 Å². The summed E-state index contributed by atoms with van der Waals surface area (Å²) in [5, 5.41) is 8.85. The standard InChI is InChI=1S/C11H16N2O2/c1-13(2)11(15)9-5-3-8(4-6-9)10(12)7-14/h3-6,10,14H,7,12H2,1-2H3/t10-/m1/s1. The fourth-order valence-corrected chi connectivity index (χ4v) is 1.24. The summed E-state index contributed by atoms with van der Waals surface area (Å²) in [6.07, 6.45) is 0. The van der Waals surface area contributed by atoms with Gasteiger partial charge in [-0.25, -0.2) is 0 Å². The minimum atomic E-state index is -0.381. The fourth-order valence-electron chi connectivity index (χ4n) is 1.24. The maximum atomic E-state index is 11.5. The lowest BCUT2D eigenvalue weighted by atomic mass is 10.1. The molecule has 82 valence electrons. The van der Waals surface area contributed by atoms with Crippen molar-refractivity contribution in [1.29, 1.82) is 0 Å². The Labute approximate surface area is 89.3 Å². The van der Waals surface area contributed by atoms with Crippen LogP contribution < -0.4 is 5.73 Å². The monoisotopic (exact) mass is 208 g/mol. The molecular formula is C11H16N2O2. The summed E-state index contributed by atoms with van der Waals surface area (Å²) < 4.78 is 0. The van der Waals surface area contributed by atoms with Crippen molar-refractivity contribution >= 4 is 5.91 Å². The smallest absolute Gasteiger partial charge is 0.253 e. The van der Waals surface area contributed by atoms with Crippen molar-refractivity contribution in [2.75, 3.05) is 20.7 Å². The lowest BCUT2D eigenvalue weighted by Gasteiger charge is -2.12. The summed E-state index contributed by atoms with van der Waals surface area (Å²) in [6.45, 7) is -0.0963. The summed E-state index contributed by atoms with van der Waals surface area (Å²) in [4.78, 5) is 13.1. The third-order valence-electron chi connectivity index (χ3n) is 2.19. The van der Waals surface area contributed by atoms with E-state index >= 15 is 0 Å². The number of carbonyl (C=O) groups excluding carboxylic acids is 1. The predicted octanol–water partition coefficient (Wildman–Crippen LogP) is 0.381. The number of carbonyl (C=O) groups is 1. The van der Waals surface area contributed by atoms with Gasteiger partial charge in [0.15, 0.2) is 0 Å². The number of hydrogen-bond donors (Lipinski definition) is 2. The largest absolute Gasteiger partial charge is 0.394 e. The van der Waals surface area contributed by atoms with Gasteiger partial charge in [-0.2, -0.15) is 0 Å². The third kappa shape index (κ3) is 2.78. The minimum absolute atomic E-state index is 0.0425. The summed E-state index contributed by atoms with van der Waals surface area (Å²) in [7, 11) is 3.41. The molecule has 0 unspecified atom stereocenters. The zero-order chi connectivity index (χ0) is 11.4. The first-order valence-corrected chi connectivity index (χ1v) is 4.74. The molecule has 0 bridgehead atoms. The van der Waals surface area contributed by atoms with E-state index in [9.17, 15) is 4.79 Å². The van der Waals surface area contributed by atoms with Crippen molar-refractivity contribution in [2.45, 2.75) is 6.04 Å². The number of amides is 1. The molecule has 0 fully saturated rings. The van der Waals surface area contributed by atoms with Crippen LogP contribution in [0, 0.1) is 0 Å². The molecule has 1 aromatic carbocycles. The summed E-state index contributed by atoms with van der Waals surface area (Å²) in [6, 6.07) is 6.57. The second kappa shape index (κ2) is 4.91. The number of hydrogen-bond acceptors (Lipinski definition) is 3. The fraction of sp³-hybridized carbons (Fsp3) is 0.364. The van der Waals surface area contributed by atoms with Crippen LogP contribution in [0.25, 0.3) is 0 Å². The molecule has 1 amide bonds. The second-order valence-corrected chi connectivity index (χ2v) is 3.61. The molecule has 1 atom stereocenters. The van der Waals surface area contributed by atoms with Crippen molar-refractivity contribution in [3.63, 3.8) is 0 Å². The number of aliphatic hydroxyl groups is 1. The Morgan fingerprint density at radius 2 is 1.93 bits per heavy atom. The number of benzene rings is 1. The van der Waals surface area contributed by atoms with E-state index in [1.807, 2.05) is 0 Å². The normalized spacial score (nSPS) is 12.3. The van der Waals surface area contributed by atoms with Crippen molar-refractivity contribution in [3.8, 4) is 0 Å². The topological polar surface area (TPSA) is 66.6 Å². The van der Waals surface area contributed by atoms with Crippen LogP contribution in [0.1, 0.15) is 22.0 Å². The predicted molar refractivity (Wildman–Crippen MR) is 58.5 cm³/mol. The number of nitrogens with two attached hydrogens (primary N) is 1. The second-order valence-electron chi connectivity index (χ2n) is 3.61. The Hall–Kier alpha value is -1.39. The molecule has 4 heteroatoms. The van der Waals surface area contributed by atoms with E-state index in [1.165, 1.54) is 4.90 Å². The number of rotatable bonds is 3. The molecule has 0 saturated carbocycles. The quantitative estimate of drug-likeness (QED) is 0.754. The highest BCUT2D eigenvalue weighted by Crippen LogP contribution is 2.11. The molecule has 4 nitrogen and oxygen atoms in total. The van der Waals surface area contributed by atoms with E-state index in [2.05, 4.69) is 0 Å². The van der Waals surface area contributed by atoms with E-state index in [4.69, 9.17) is 10.8 Å². The Balaban J connectivity index is 2.85. The molecule has 1 rings (SSSR count). The van der Waals surface area contributed by atoms with Gasteiger partial charge < -0.3 is 15.7 Å². The van der Waals surface area contributed by atoms with Gasteiger partial charge in [0.05, 0.1) is 12.6 Å². The first kappa shape index (κ1) is 11.7. The van der Waals surface area contributed by atoms with Gasteiger partial charge in [0, 0.05) is 19.7 Å². The zero-order valence-corrected chi connectivity index (χ0v) is 8.97. The molecule has 0 spiro atoms. The molecule has 0 aromatic heterocycles. The van der Waals surface area contributed by atoms with Gasteiger partial charge >= 0.3 is 0 Å². The lowest BCUT2D eigenvalue weighted by molar-refractivity contribution is 0.0827. The Kier molecular flexibility index (Phi) is 3.82. The minimum Gasteiger partial charge on any atom is -0.394 e. The number of nitrogens with zero attached hydrogens (tertiary/aromatic N) is 1. The van der Waals surface area contributed by atoms with Gasteiger partial charge in [-0.1, -0.05) is 12.1 Å². The van der Waals surface area contributed by atoms with Gasteiger partial charge in [-0.05, 0) is 17.7 Å². The molecule has 0 saturated heterocycles. The van der Waals surface area contributed by atoms with Crippen molar-refractivity contribution in [1.82, 2.24) is 4.90 Å². The summed E-state index contributed by atoms with van der Waals surface area (Å²) in [5.74, 6) is -0.0425. The molecule has 0 radical (unpaired) electrons. The molecule has 0 aliphatic heterocycles. The van der Waals surface area contributed by atoms with Crippen LogP contribution in [0.4, 0.5) is 0 Å². The average Bonchev–Trinajstić information content (AvgIpc) is 2.27. The van der Waals surface area contributed by atoms with E-state index in [0.29, 0.717) is 5.56 Å². The highest BCUT2D eigenvalue weighted by Gasteiger charge is 2.09.